The maximum Gasteiger partial charge on any atom is 0.240 e. The Balaban J connectivity index is 0.000000671. The van der Waals surface area contributed by atoms with Crippen molar-refractivity contribution in [2.75, 3.05) is 0 Å². The summed E-state index contributed by atoms with van der Waals surface area (Å²) in [6.45, 7) is 5.96. The quantitative estimate of drug-likeness (QED) is 0.733. The summed E-state index contributed by atoms with van der Waals surface area (Å²) in [5.41, 5.74) is 0.749. The summed E-state index contributed by atoms with van der Waals surface area (Å²) >= 11 is 0. The molecule has 5 heteroatoms. The fraction of sp³-hybridized carbons (Fsp3) is 0.750. The minimum atomic E-state index is -2.28. The summed E-state index contributed by atoms with van der Waals surface area (Å²) in [4.78, 5) is 1.28. The number of aryl methyl sites for hydroxylation is 2. The molecule has 0 spiro atoms. The van der Waals surface area contributed by atoms with Gasteiger partial charge in [-0.1, -0.05) is 13.8 Å². The highest BCUT2D eigenvalue weighted by Crippen LogP contribution is 2.00. The van der Waals surface area contributed by atoms with Crippen LogP contribution in [0.5, 0.6) is 0 Å². The first kappa shape index (κ1) is 12.0. The van der Waals surface area contributed by atoms with E-state index in [1.807, 2.05) is 13.8 Å². The lowest BCUT2D eigenvalue weighted by Gasteiger charge is -1.97. The van der Waals surface area contributed by atoms with Crippen molar-refractivity contribution in [2.24, 2.45) is 0 Å². The van der Waals surface area contributed by atoms with E-state index in [9.17, 15) is 8.78 Å². The van der Waals surface area contributed by atoms with Gasteiger partial charge in [0, 0.05) is 6.42 Å². The van der Waals surface area contributed by atoms with Gasteiger partial charge in [-0.2, -0.15) is 15.0 Å². The first-order valence-corrected chi connectivity index (χ1v) is 4.33. The first-order chi connectivity index (χ1) is 6.18. The van der Waals surface area contributed by atoms with E-state index in [2.05, 4.69) is 10.2 Å². The predicted molar refractivity (Wildman–Crippen MR) is 46.7 cm³/mol. The van der Waals surface area contributed by atoms with Gasteiger partial charge in [-0.3, -0.25) is 0 Å². The summed E-state index contributed by atoms with van der Waals surface area (Å²) in [7, 11) is 0. The van der Waals surface area contributed by atoms with Crippen LogP contribution in [-0.2, 0) is 6.54 Å². The zero-order valence-electron chi connectivity index (χ0n) is 8.17. The van der Waals surface area contributed by atoms with Crippen LogP contribution in [0.1, 0.15) is 26.0 Å². The molecule has 3 nitrogen and oxygen atoms in total. The van der Waals surface area contributed by atoms with Crippen molar-refractivity contribution in [2.45, 2.75) is 40.2 Å². The molecular formula is C8H15F2N3. The third kappa shape index (κ3) is 5.27. The Labute approximate surface area is 76.8 Å². The van der Waals surface area contributed by atoms with Gasteiger partial charge in [0.05, 0.1) is 18.4 Å². The molecule has 0 fully saturated rings. The number of nitrogens with zero attached hydrogens (tertiary/aromatic N) is 3. The van der Waals surface area contributed by atoms with Gasteiger partial charge in [0.15, 0.2) is 0 Å². The van der Waals surface area contributed by atoms with Crippen molar-refractivity contribution in [3.8, 4) is 0 Å². The highest BCUT2D eigenvalue weighted by atomic mass is 19.3. The molecule has 0 saturated carbocycles. The van der Waals surface area contributed by atoms with Gasteiger partial charge in [-0.15, -0.1) is 0 Å². The topological polar surface area (TPSA) is 30.7 Å². The van der Waals surface area contributed by atoms with Gasteiger partial charge in [-0.25, -0.2) is 8.78 Å². The number of hydrogen-bond acceptors (Lipinski definition) is 2. The molecule has 0 saturated heterocycles. The van der Waals surface area contributed by atoms with Crippen LogP contribution >= 0.6 is 0 Å². The second-order valence-corrected chi connectivity index (χ2v) is 2.26. The molecule has 0 aliphatic heterocycles. The summed E-state index contributed by atoms with van der Waals surface area (Å²) < 4.78 is 23.3. The second kappa shape index (κ2) is 6.51. The van der Waals surface area contributed by atoms with Crippen LogP contribution in [0.15, 0.2) is 6.20 Å². The molecule has 0 bridgehead atoms. The third-order valence-corrected chi connectivity index (χ3v) is 1.20. The second-order valence-electron chi connectivity index (χ2n) is 2.26. The van der Waals surface area contributed by atoms with Gasteiger partial charge in [0.2, 0.25) is 6.43 Å². The Kier molecular flexibility index (Phi) is 6.01. The maximum absolute atomic E-state index is 11.7. The van der Waals surface area contributed by atoms with Crippen molar-refractivity contribution in [3.63, 3.8) is 0 Å². The van der Waals surface area contributed by atoms with E-state index in [-0.39, 0.29) is 13.0 Å². The van der Waals surface area contributed by atoms with E-state index >= 15 is 0 Å². The monoisotopic (exact) mass is 191 g/mol. The van der Waals surface area contributed by atoms with Crippen LogP contribution in [0, 0.1) is 6.92 Å². The van der Waals surface area contributed by atoms with Crippen LogP contribution in [-0.4, -0.2) is 21.4 Å². The van der Waals surface area contributed by atoms with E-state index in [0.29, 0.717) is 0 Å². The van der Waals surface area contributed by atoms with Crippen LogP contribution in [0.4, 0.5) is 8.78 Å². The van der Waals surface area contributed by atoms with E-state index in [4.69, 9.17) is 0 Å². The highest BCUT2D eigenvalue weighted by molar-refractivity contribution is 4.84. The van der Waals surface area contributed by atoms with Crippen molar-refractivity contribution >= 4 is 0 Å². The van der Waals surface area contributed by atoms with Crippen molar-refractivity contribution in [1.29, 1.82) is 0 Å². The zero-order chi connectivity index (χ0) is 10.3. The fourth-order valence-corrected chi connectivity index (χ4v) is 0.705. The van der Waals surface area contributed by atoms with Crippen molar-refractivity contribution in [1.82, 2.24) is 15.0 Å². The van der Waals surface area contributed by atoms with Gasteiger partial charge in [0.25, 0.3) is 0 Å². The average Bonchev–Trinajstić information content (AvgIpc) is 2.52. The summed E-state index contributed by atoms with van der Waals surface area (Å²) in [5.74, 6) is 0. The lowest BCUT2D eigenvalue weighted by atomic mass is 10.5. The molecule has 0 atom stereocenters. The number of hydrogen-bond donors (Lipinski definition) is 0. The molecule has 0 aromatic carbocycles. The smallest absolute Gasteiger partial charge is 0.210 e. The maximum atomic E-state index is 11.7. The Hall–Kier alpha value is -1.00. The van der Waals surface area contributed by atoms with Crippen LogP contribution in [0.3, 0.4) is 0 Å². The molecule has 0 unspecified atom stereocenters. The fourth-order valence-electron chi connectivity index (χ4n) is 0.705. The first-order valence-electron chi connectivity index (χ1n) is 4.33. The molecule has 0 N–H and O–H groups in total. The molecule has 1 aromatic heterocycles. The third-order valence-electron chi connectivity index (χ3n) is 1.20. The van der Waals surface area contributed by atoms with E-state index in [0.717, 1.165) is 5.69 Å². The summed E-state index contributed by atoms with van der Waals surface area (Å²) in [6, 6.07) is 0. The number of halogens is 2. The van der Waals surface area contributed by atoms with Crippen molar-refractivity contribution in [3.05, 3.63) is 11.9 Å². The molecule has 0 radical (unpaired) electrons. The minimum absolute atomic E-state index is 0.186. The predicted octanol–water partition coefficient (Wildman–Crippen LogP) is 2.27. The Morgan fingerprint density at radius 1 is 1.46 bits per heavy atom. The van der Waals surface area contributed by atoms with E-state index in [1.54, 1.807) is 13.1 Å². The highest BCUT2D eigenvalue weighted by Gasteiger charge is 2.03. The Bertz CT molecular complexity index is 223. The molecule has 76 valence electrons. The van der Waals surface area contributed by atoms with E-state index in [1.165, 1.54) is 4.80 Å². The lowest BCUT2D eigenvalue weighted by molar-refractivity contribution is 0.128. The van der Waals surface area contributed by atoms with E-state index < -0.39 is 6.43 Å². The molecule has 0 aliphatic carbocycles. The molecular weight excluding hydrogens is 176 g/mol. The SMILES string of the molecule is CC.Cc1cnn(CCC(F)F)n1. The summed E-state index contributed by atoms with van der Waals surface area (Å²) in [6.07, 6.45) is -0.916. The van der Waals surface area contributed by atoms with Gasteiger partial charge >= 0.3 is 0 Å². The number of rotatable bonds is 3. The van der Waals surface area contributed by atoms with Crippen molar-refractivity contribution < 1.29 is 8.78 Å². The van der Waals surface area contributed by atoms with Crippen LogP contribution in [0.2, 0.25) is 0 Å². The van der Waals surface area contributed by atoms with Gasteiger partial charge in [-0.05, 0) is 6.92 Å². The number of aromatic nitrogens is 3. The minimum Gasteiger partial charge on any atom is -0.210 e. The molecule has 13 heavy (non-hydrogen) atoms. The molecule has 1 aromatic rings. The Morgan fingerprint density at radius 2 is 2.08 bits per heavy atom. The average molecular weight is 191 g/mol. The van der Waals surface area contributed by atoms with Crippen LogP contribution in [0.25, 0.3) is 0 Å². The normalized spacial score (nSPS) is 9.69. The standard InChI is InChI=1S/C6H9F2N3.C2H6/c1-5-4-9-11(10-5)3-2-6(7)8;1-2/h4,6H,2-3H2,1H3;1-2H3. The van der Waals surface area contributed by atoms with Gasteiger partial charge < -0.3 is 0 Å². The molecule has 0 amide bonds. The molecule has 1 heterocycles. The molecule has 0 aliphatic rings. The Morgan fingerprint density at radius 3 is 2.46 bits per heavy atom. The van der Waals surface area contributed by atoms with Gasteiger partial charge in [0.1, 0.15) is 0 Å². The summed E-state index contributed by atoms with van der Waals surface area (Å²) in [5, 5.41) is 7.61. The largest absolute Gasteiger partial charge is 0.240 e. The molecule has 1 rings (SSSR count). The zero-order valence-corrected chi connectivity index (χ0v) is 8.17. The lowest BCUT2D eigenvalue weighted by Crippen LogP contribution is -2.05. The van der Waals surface area contributed by atoms with Crippen LogP contribution < -0.4 is 0 Å². The number of alkyl halides is 2.